The zero-order valence-corrected chi connectivity index (χ0v) is 21.1. The monoisotopic (exact) mass is 455 g/mol. The summed E-state index contributed by atoms with van der Waals surface area (Å²) in [6.07, 6.45) is 13.2. The third-order valence-corrected chi connectivity index (χ3v) is 5.79. The number of ether oxygens (including phenoxy) is 2. The predicted octanol–water partition coefficient (Wildman–Crippen LogP) is 7.05. The van der Waals surface area contributed by atoms with Crippen molar-refractivity contribution in [3.63, 3.8) is 0 Å². The number of allylic oxidation sites excluding steroid dienone is 3. The van der Waals surface area contributed by atoms with Gasteiger partial charge in [0.25, 0.3) is 5.56 Å². The Morgan fingerprint density at radius 3 is 2.45 bits per heavy atom. The highest BCUT2D eigenvalue weighted by Gasteiger charge is 2.18. The molecule has 5 nitrogen and oxygen atoms in total. The summed E-state index contributed by atoms with van der Waals surface area (Å²) in [6.45, 7) is 9.36. The van der Waals surface area contributed by atoms with Crippen LogP contribution < -0.4 is 15.0 Å². The highest BCUT2D eigenvalue weighted by atomic mass is 16.5. The van der Waals surface area contributed by atoms with Crippen molar-refractivity contribution in [2.75, 3.05) is 13.2 Å². The van der Waals surface area contributed by atoms with E-state index in [1.54, 1.807) is 25.2 Å². The SMILES string of the molecule is CCCCCCCCOc1c(OC/C=C(\C)CCC=C(C)C)c2ccc(O)cc2n(C)c1=O. The molecule has 0 spiro atoms. The van der Waals surface area contributed by atoms with Gasteiger partial charge >= 0.3 is 0 Å². The highest BCUT2D eigenvalue weighted by molar-refractivity contribution is 5.88. The Labute approximate surface area is 198 Å². The maximum Gasteiger partial charge on any atom is 0.297 e. The summed E-state index contributed by atoms with van der Waals surface area (Å²) < 4.78 is 13.6. The summed E-state index contributed by atoms with van der Waals surface area (Å²) >= 11 is 0. The van der Waals surface area contributed by atoms with Crippen molar-refractivity contribution in [1.82, 2.24) is 4.57 Å². The number of aromatic hydroxyl groups is 1. The quantitative estimate of drug-likeness (QED) is 0.245. The fourth-order valence-corrected chi connectivity index (χ4v) is 3.76. The molecule has 0 atom stereocenters. The normalized spacial score (nSPS) is 11.6. The fourth-order valence-electron chi connectivity index (χ4n) is 3.76. The number of hydrogen-bond donors (Lipinski definition) is 1. The maximum absolute atomic E-state index is 13.1. The van der Waals surface area contributed by atoms with E-state index in [1.165, 1.54) is 41.4 Å². The Kier molecular flexibility index (Phi) is 11.1. The van der Waals surface area contributed by atoms with E-state index in [4.69, 9.17) is 9.47 Å². The molecule has 0 radical (unpaired) electrons. The number of aryl methyl sites for hydroxylation is 1. The van der Waals surface area contributed by atoms with E-state index in [0.29, 0.717) is 24.5 Å². The Morgan fingerprint density at radius 2 is 1.73 bits per heavy atom. The molecule has 0 amide bonds. The third-order valence-electron chi connectivity index (χ3n) is 5.79. The van der Waals surface area contributed by atoms with Gasteiger partial charge in [0, 0.05) is 18.5 Å². The van der Waals surface area contributed by atoms with Gasteiger partial charge in [0.15, 0.2) is 5.75 Å². The van der Waals surface area contributed by atoms with Crippen LogP contribution in [0, 0.1) is 0 Å². The van der Waals surface area contributed by atoms with Gasteiger partial charge in [-0.05, 0) is 58.2 Å². The molecule has 1 N–H and O–H groups in total. The van der Waals surface area contributed by atoms with Gasteiger partial charge in [-0.3, -0.25) is 4.79 Å². The molecule has 33 heavy (non-hydrogen) atoms. The smallest absolute Gasteiger partial charge is 0.297 e. The van der Waals surface area contributed by atoms with Crippen LogP contribution in [-0.4, -0.2) is 22.9 Å². The lowest BCUT2D eigenvalue weighted by Crippen LogP contribution is -2.21. The first-order chi connectivity index (χ1) is 15.8. The molecule has 1 heterocycles. The molecule has 0 saturated heterocycles. The van der Waals surface area contributed by atoms with Crippen molar-refractivity contribution in [1.29, 1.82) is 0 Å². The Balaban J connectivity index is 2.20. The molecule has 0 fully saturated rings. The van der Waals surface area contributed by atoms with Crippen LogP contribution in [-0.2, 0) is 7.05 Å². The number of hydrogen-bond acceptors (Lipinski definition) is 4. The van der Waals surface area contributed by atoms with Crippen molar-refractivity contribution < 1.29 is 14.6 Å². The number of nitrogens with zero attached hydrogens (tertiary/aromatic N) is 1. The fraction of sp³-hybridized carbons (Fsp3) is 0.536. The molecule has 0 aliphatic carbocycles. The van der Waals surface area contributed by atoms with Crippen molar-refractivity contribution in [2.24, 2.45) is 7.05 Å². The minimum Gasteiger partial charge on any atom is -0.508 e. The van der Waals surface area contributed by atoms with Crippen LogP contribution in [0.2, 0.25) is 0 Å². The number of aromatic nitrogens is 1. The Hall–Kier alpha value is -2.69. The van der Waals surface area contributed by atoms with Gasteiger partial charge in [0.05, 0.1) is 12.1 Å². The van der Waals surface area contributed by atoms with Gasteiger partial charge in [0.1, 0.15) is 12.4 Å². The van der Waals surface area contributed by atoms with Crippen molar-refractivity contribution in [2.45, 2.75) is 79.1 Å². The van der Waals surface area contributed by atoms with Gasteiger partial charge in [-0.15, -0.1) is 0 Å². The lowest BCUT2D eigenvalue weighted by molar-refractivity contribution is 0.272. The first-order valence-electron chi connectivity index (χ1n) is 12.3. The lowest BCUT2D eigenvalue weighted by Gasteiger charge is -2.17. The summed E-state index contributed by atoms with van der Waals surface area (Å²) in [5.41, 5.74) is 2.93. The van der Waals surface area contributed by atoms with E-state index < -0.39 is 0 Å². The number of phenols is 1. The molecule has 0 bridgehead atoms. The molecule has 0 aliphatic heterocycles. The largest absolute Gasteiger partial charge is 0.508 e. The average Bonchev–Trinajstić information content (AvgIpc) is 2.77. The summed E-state index contributed by atoms with van der Waals surface area (Å²) in [7, 11) is 1.69. The number of unbranched alkanes of at least 4 members (excludes halogenated alkanes) is 5. The summed E-state index contributed by atoms with van der Waals surface area (Å²) in [4.78, 5) is 13.1. The highest BCUT2D eigenvalue weighted by Crippen LogP contribution is 2.34. The van der Waals surface area contributed by atoms with Crippen LogP contribution in [0.5, 0.6) is 17.2 Å². The first kappa shape index (κ1) is 26.6. The Morgan fingerprint density at radius 1 is 1.00 bits per heavy atom. The standard InChI is InChI=1S/C28H41NO4/c1-6-7-8-9-10-11-18-32-27-26(33-19-17-22(4)14-12-13-21(2)3)24-16-15-23(30)20-25(24)29(5)28(27)31/h13,15-17,20,30H,6-12,14,18-19H2,1-5H3/b22-17+. The molecular weight excluding hydrogens is 414 g/mol. The molecular formula is C28H41NO4. The van der Waals surface area contributed by atoms with Gasteiger partial charge in [-0.2, -0.15) is 0 Å². The average molecular weight is 456 g/mol. The van der Waals surface area contributed by atoms with Crippen molar-refractivity contribution in [3.8, 4) is 17.2 Å². The summed E-state index contributed by atoms with van der Waals surface area (Å²) in [5, 5.41) is 10.7. The second kappa shape index (κ2) is 13.8. The van der Waals surface area contributed by atoms with Gasteiger partial charge < -0.3 is 19.1 Å². The zero-order valence-electron chi connectivity index (χ0n) is 21.1. The number of phenolic OH excluding ortho intramolecular Hbond substituents is 1. The van der Waals surface area contributed by atoms with Crippen molar-refractivity contribution in [3.05, 3.63) is 51.9 Å². The van der Waals surface area contributed by atoms with E-state index in [2.05, 4.69) is 39.8 Å². The van der Waals surface area contributed by atoms with E-state index in [-0.39, 0.29) is 17.1 Å². The van der Waals surface area contributed by atoms with Gasteiger partial charge in [-0.1, -0.05) is 56.3 Å². The second-order valence-electron chi connectivity index (χ2n) is 9.02. The molecule has 1 aromatic carbocycles. The Bertz CT molecular complexity index is 1010. The van der Waals surface area contributed by atoms with E-state index in [1.807, 2.05) is 0 Å². The lowest BCUT2D eigenvalue weighted by atomic mass is 10.1. The molecule has 1 aromatic heterocycles. The van der Waals surface area contributed by atoms with Gasteiger partial charge in [0.2, 0.25) is 5.75 Å². The number of pyridine rings is 1. The topological polar surface area (TPSA) is 60.7 Å². The zero-order chi connectivity index (χ0) is 24.2. The van der Waals surface area contributed by atoms with Crippen LogP contribution >= 0.6 is 0 Å². The first-order valence-corrected chi connectivity index (χ1v) is 12.3. The predicted molar refractivity (Wildman–Crippen MR) is 138 cm³/mol. The third kappa shape index (κ3) is 8.30. The van der Waals surface area contributed by atoms with Crippen LogP contribution in [0.3, 0.4) is 0 Å². The van der Waals surface area contributed by atoms with E-state index in [9.17, 15) is 9.90 Å². The minimum atomic E-state index is -0.252. The van der Waals surface area contributed by atoms with Crippen LogP contribution in [0.25, 0.3) is 10.9 Å². The number of rotatable bonds is 14. The van der Waals surface area contributed by atoms with E-state index >= 15 is 0 Å². The number of benzene rings is 1. The second-order valence-corrected chi connectivity index (χ2v) is 9.02. The molecule has 2 aromatic rings. The molecule has 5 heteroatoms. The maximum atomic E-state index is 13.1. The van der Waals surface area contributed by atoms with Crippen LogP contribution in [0.1, 0.15) is 79.1 Å². The summed E-state index contributed by atoms with van der Waals surface area (Å²) in [5.74, 6) is 0.812. The molecule has 2 rings (SSSR count). The van der Waals surface area contributed by atoms with Crippen LogP contribution in [0.15, 0.2) is 46.3 Å². The molecule has 0 saturated carbocycles. The van der Waals surface area contributed by atoms with Crippen molar-refractivity contribution >= 4 is 10.9 Å². The summed E-state index contributed by atoms with van der Waals surface area (Å²) in [6, 6.07) is 4.97. The molecule has 0 unspecified atom stereocenters. The minimum absolute atomic E-state index is 0.110. The van der Waals surface area contributed by atoms with Gasteiger partial charge in [-0.25, -0.2) is 0 Å². The molecule has 182 valence electrons. The van der Waals surface area contributed by atoms with E-state index in [0.717, 1.165) is 31.1 Å². The number of fused-ring (bicyclic) bond motifs is 1. The molecule has 0 aliphatic rings. The van der Waals surface area contributed by atoms with Crippen LogP contribution in [0.4, 0.5) is 0 Å².